The van der Waals surface area contributed by atoms with Gasteiger partial charge in [0.1, 0.15) is 0 Å². The fraction of sp³-hybridized carbons (Fsp3) is 0.375. The van der Waals surface area contributed by atoms with Crippen LogP contribution < -0.4 is 5.32 Å². The molecular formula is C16H18ClNO2S. The highest BCUT2D eigenvalue weighted by molar-refractivity contribution is 8.18. The molecule has 1 aliphatic heterocycles. The largest absolute Gasteiger partial charge is 0.290 e. The molecule has 0 aliphatic carbocycles. The minimum atomic E-state index is -0.269. The van der Waals surface area contributed by atoms with Crippen LogP contribution >= 0.6 is 23.4 Å². The van der Waals surface area contributed by atoms with E-state index in [1.165, 1.54) is 12.0 Å². The number of imide groups is 1. The van der Waals surface area contributed by atoms with E-state index < -0.39 is 0 Å². The molecule has 1 fully saturated rings. The van der Waals surface area contributed by atoms with E-state index in [1.807, 2.05) is 18.2 Å². The van der Waals surface area contributed by atoms with Crippen molar-refractivity contribution in [1.82, 2.24) is 5.32 Å². The Balaban J connectivity index is 1.56. The normalized spacial score (nSPS) is 16.5. The Labute approximate surface area is 134 Å². The van der Waals surface area contributed by atoms with Gasteiger partial charge >= 0.3 is 0 Å². The molecule has 1 saturated heterocycles. The SMILES string of the molecule is O=C1NC(=O)C(=CCCCCCCc2ccc(Cl)cc2)S1. The summed E-state index contributed by atoms with van der Waals surface area (Å²) in [5.74, 6) is -0.257. The van der Waals surface area contributed by atoms with E-state index in [9.17, 15) is 9.59 Å². The van der Waals surface area contributed by atoms with Gasteiger partial charge in [0.2, 0.25) is 0 Å². The number of unbranched alkanes of at least 4 members (excludes halogenated alkanes) is 4. The van der Waals surface area contributed by atoms with Gasteiger partial charge in [0.15, 0.2) is 0 Å². The zero-order valence-electron chi connectivity index (χ0n) is 11.7. The van der Waals surface area contributed by atoms with E-state index in [0.717, 1.165) is 48.9 Å². The number of amides is 2. The number of hydrogen-bond donors (Lipinski definition) is 1. The highest BCUT2D eigenvalue weighted by atomic mass is 35.5. The van der Waals surface area contributed by atoms with E-state index in [-0.39, 0.29) is 11.1 Å². The molecular weight excluding hydrogens is 306 g/mol. The second kappa shape index (κ2) is 8.25. The summed E-state index contributed by atoms with van der Waals surface area (Å²) in [7, 11) is 0. The Kier molecular flexibility index (Phi) is 6.33. The lowest BCUT2D eigenvalue weighted by atomic mass is 10.1. The van der Waals surface area contributed by atoms with E-state index in [2.05, 4.69) is 17.4 Å². The molecule has 0 radical (unpaired) electrons. The van der Waals surface area contributed by atoms with E-state index in [0.29, 0.717) is 4.91 Å². The fourth-order valence-corrected chi connectivity index (χ4v) is 2.99. The van der Waals surface area contributed by atoms with Crippen molar-refractivity contribution in [3.05, 3.63) is 45.8 Å². The minimum Gasteiger partial charge on any atom is -0.282 e. The molecule has 1 aromatic carbocycles. The molecule has 112 valence electrons. The molecule has 3 nitrogen and oxygen atoms in total. The Hall–Kier alpha value is -1.26. The van der Waals surface area contributed by atoms with E-state index >= 15 is 0 Å². The second-order valence-electron chi connectivity index (χ2n) is 4.99. The zero-order chi connectivity index (χ0) is 15.1. The lowest BCUT2D eigenvalue weighted by molar-refractivity contribution is -0.115. The molecule has 0 spiro atoms. The molecule has 21 heavy (non-hydrogen) atoms. The van der Waals surface area contributed by atoms with E-state index in [1.54, 1.807) is 0 Å². The molecule has 2 amide bonds. The van der Waals surface area contributed by atoms with Gasteiger partial charge < -0.3 is 0 Å². The molecule has 0 aromatic heterocycles. The number of carbonyl (C=O) groups is 2. The molecule has 2 rings (SSSR count). The van der Waals surface area contributed by atoms with Crippen LogP contribution in [0.25, 0.3) is 0 Å². The molecule has 5 heteroatoms. The summed E-state index contributed by atoms with van der Waals surface area (Å²) >= 11 is 6.84. The van der Waals surface area contributed by atoms with Crippen LogP contribution in [-0.4, -0.2) is 11.1 Å². The van der Waals surface area contributed by atoms with Crippen molar-refractivity contribution in [2.24, 2.45) is 0 Å². The zero-order valence-corrected chi connectivity index (χ0v) is 13.3. The van der Waals surface area contributed by atoms with Gasteiger partial charge in [0, 0.05) is 5.02 Å². The van der Waals surface area contributed by atoms with Crippen molar-refractivity contribution in [3.8, 4) is 0 Å². The molecule has 1 aliphatic rings. The standard InChI is InChI=1S/C16H18ClNO2S/c17-13-10-8-12(9-11-13)6-4-2-1-3-5-7-14-15(19)18-16(20)21-14/h7-11H,1-6H2,(H,18,19,20). The Morgan fingerprint density at radius 2 is 1.76 bits per heavy atom. The van der Waals surface area contributed by atoms with Gasteiger partial charge in [-0.15, -0.1) is 0 Å². The number of benzene rings is 1. The molecule has 1 N–H and O–H groups in total. The molecule has 0 unspecified atom stereocenters. The predicted molar refractivity (Wildman–Crippen MR) is 87.5 cm³/mol. The van der Waals surface area contributed by atoms with Crippen LogP contribution in [0, 0.1) is 0 Å². The highest BCUT2D eigenvalue weighted by Gasteiger charge is 2.24. The second-order valence-corrected chi connectivity index (χ2v) is 6.44. The number of rotatable bonds is 7. The third-order valence-electron chi connectivity index (χ3n) is 3.30. The molecule has 0 bridgehead atoms. The average Bonchev–Trinajstić information content (AvgIpc) is 2.78. The fourth-order valence-electron chi connectivity index (χ4n) is 2.17. The number of thioether (sulfide) groups is 1. The monoisotopic (exact) mass is 323 g/mol. The minimum absolute atomic E-state index is 0.257. The Bertz CT molecular complexity index is 540. The lowest BCUT2D eigenvalue weighted by Crippen LogP contribution is -2.17. The maximum atomic E-state index is 11.3. The van der Waals surface area contributed by atoms with Crippen molar-refractivity contribution in [3.63, 3.8) is 0 Å². The van der Waals surface area contributed by atoms with Crippen molar-refractivity contribution >= 4 is 34.5 Å². The topological polar surface area (TPSA) is 46.2 Å². The van der Waals surface area contributed by atoms with Crippen LogP contribution in [0.5, 0.6) is 0 Å². The summed E-state index contributed by atoms with van der Waals surface area (Å²) in [6.45, 7) is 0. The number of carbonyl (C=O) groups excluding carboxylic acids is 2. The van der Waals surface area contributed by atoms with Crippen LogP contribution in [-0.2, 0) is 11.2 Å². The summed E-state index contributed by atoms with van der Waals surface area (Å²) in [5, 5.41) is 2.77. The van der Waals surface area contributed by atoms with Crippen molar-refractivity contribution in [2.75, 3.05) is 0 Å². The van der Waals surface area contributed by atoms with Crippen molar-refractivity contribution in [1.29, 1.82) is 0 Å². The first-order valence-corrected chi connectivity index (χ1v) is 8.32. The summed E-state index contributed by atoms with van der Waals surface area (Å²) in [6.07, 6.45) is 8.30. The third kappa shape index (κ3) is 5.56. The van der Waals surface area contributed by atoms with Gasteiger partial charge in [0.05, 0.1) is 4.91 Å². The van der Waals surface area contributed by atoms with Crippen LogP contribution in [0.3, 0.4) is 0 Å². The summed E-state index contributed by atoms with van der Waals surface area (Å²) in [5.41, 5.74) is 1.32. The molecule has 0 saturated carbocycles. The Morgan fingerprint density at radius 1 is 1.05 bits per heavy atom. The maximum absolute atomic E-state index is 11.3. The third-order valence-corrected chi connectivity index (χ3v) is 4.42. The van der Waals surface area contributed by atoms with Crippen LogP contribution in [0.1, 0.15) is 37.7 Å². The van der Waals surface area contributed by atoms with Gasteiger partial charge in [-0.2, -0.15) is 0 Å². The Morgan fingerprint density at radius 3 is 2.43 bits per heavy atom. The smallest absolute Gasteiger partial charge is 0.282 e. The predicted octanol–water partition coefficient (Wildman–Crippen LogP) is 4.70. The highest BCUT2D eigenvalue weighted by Crippen LogP contribution is 2.24. The maximum Gasteiger partial charge on any atom is 0.290 e. The summed E-state index contributed by atoms with van der Waals surface area (Å²) < 4.78 is 0. The first-order valence-electron chi connectivity index (χ1n) is 7.13. The average molecular weight is 324 g/mol. The molecule has 0 atom stereocenters. The van der Waals surface area contributed by atoms with E-state index in [4.69, 9.17) is 11.6 Å². The van der Waals surface area contributed by atoms with Gasteiger partial charge in [0.25, 0.3) is 11.1 Å². The summed E-state index contributed by atoms with van der Waals surface area (Å²) in [6, 6.07) is 7.99. The van der Waals surface area contributed by atoms with Crippen LogP contribution in [0.4, 0.5) is 4.79 Å². The number of nitrogens with one attached hydrogen (secondary N) is 1. The first kappa shape index (κ1) is 16.1. The summed E-state index contributed by atoms with van der Waals surface area (Å²) in [4.78, 5) is 22.8. The van der Waals surface area contributed by atoms with Gasteiger partial charge in [-0.3, -0.25) is 14.9 Å². The van der Waals surface area contributed by atoms with Crippen molar-refractivity contribution < 1.29 is 9.59 Å². The van der Waals surface area contributed by atoms with Gasteiger partial charge in [-0.1, -0.05) is 42.7 Å². The molecule has 1 aromatic rings. The number of allylic oxidation sites excluding steroid dienone is 1. The lowest BCUT2D eigenvalue weighted by Gasteiger charge is -2.02. The number of aryl methyl sites for hydroxylation is 1. The van der Waals surface area contributed by atoms with Crippen molar-refractivity contribution in [2.45, 2.75) is 38.5 Å². The first-order chi connectivity index (χ1) is 10.1. The number of halogens is 1. The van der Waals surface area contributed by atoms with Gasteiger partial charge in [-0.25, -0.2) is 0 Å². The van der Waals surface area contributed by atoms with Gasteiger partial charge in [-0.05, 0) is 55.1 Å². The van der Waals surface area contributed by atoms with Crippen LogP contribution in [0.15, 0.2) is 35.2 Å². The van der Waals surface area contributed by atoms with Crippen LogP contribution in [0.2, 0.25) is 5.02 Å². The quantitative estimate of drug-likeness (QED) is 0.584. The number of hydrogen-bond acceptors (Lipinski definition) is 3. The molecule has 1 heterocycles.